The Labute approximate surface area is 75.5 Å². The van der Waals surface area contributed by atoms with E-state index in [0.717, 1.165) is 12.8 Å². The van der Waals surface area contributed by atoms with Crippen molar-refractivity contribution in [2.75, 3.05) is 0 Å². The zero-order chi connectivity index (χ0) is 9.14. The lowest BCUT2D eigenvalue weighted by atomic mass is 10.1. The van der Waals surface area contributed by atoms with Gasteiger partial charge in [-0.15, -0.1) is 0 Å². The molecule has 0 bridgehead atoms. The largest absolute Gasteiger partial charge is 0.393 e. The van der Waals surface area contributed by atoms with Crippen LogP contribution in [-0.4, -0.2) is 11.2 Å². The number of hydrogen-bond donors (Lipinski definition) is 1. The van der Waals surface area contributed by atoms with Gasteiger partial charge < -0.3 is 5.11 Å². The molecule has 1 aliphatic rings. The third-order valence-corrected chi connectivity index (χ3v) is 2.82. The van der Waals surface area contributed by atoms with E-state index in [1.165, 1.54) is 18.4 Å². The van der Waals surface area contributed by atoms with E-state index in [0.29, 0.717) is 11.8 Å². The fourth-order valence-corrected chi connectivity index (χ4v) is 1.83. The Morgan fingerprint density at radius 1 is 1.67 bits per heavy atom. The van der Waals surface area contributed by atoms with Gasteiger partial charge in [-0.25, -0.2) is 0 Å². The molecular formula is C11H20O. The van der Waals surface area contributed by atoms with Crippen LogP contribution in [0.1, 0.15) is 39.5 Å². The van der Waals surface area contributed by atoms with E-state index >= 15 is 0 Å². The molecule has 3 atom stereocenters. The van der Waals surface area contributed by atoms with Gasteiger partial charge in [-0.3, -0.25) is 0 Å². The van der Waals surface area contributed by atoms with Crippen molar-refractivity contribution >= 4 is 0 Å². The molecule has 0 saturated heterocycles. The Hall–Kier alpha value is -0.300. The summed E-state index contributed by atoms with van der Waals surface area (Å²) in [4.78, 5) is 0. The van der Waals surface area contributed by atoms with Gasteiger partial charge in [-0.2, -0.15) is 0 Å². The summed E-state index contributed by atoms with van der Waals surface area (Å²) >= 11 is 0. The molecule has 1 rings (SSSR count). The molecular weight excluding hydrogens is 148 g/mol. The van der Waals surface area contributed by atoms with Crippen molar-refractivity contribution in [2.45, 2.75) is 45.6 Å². The highest BCUT2D eigenvalue weighted by Crippen LogP contribution is 2.46. The maximum absolute atomic E-state index is 9.70. The van der Waals surface area contributed by atoms with E-state index in [9.17, 15) is 5.11 Å². The summed E-state index contributed by atoms with van der Waals surface area (Å²) in [7, 11) is 0. The quantitative estimate of drug-likeness (QED) is 0.626. The molecule has 0 spiro atoms. The van der Waals surface area contributed by atoms with Crippen LogP contribution in [0.5, 0.6) is 0 Å². The Balaban J connectivity index is 2.19. The SMILES string of the molecule is C=C(C)[C@H]1C[C@H]1[C@H](O)CCCC. The molecule has 1 aliphatic carbocycles. The smallest absolute Gasteiger partial charge is 0.0574 e. The summed E-state index contributed by atoms with van der Waals surface area (Å²) in [6.07, 6.45) is 4.42. The first-order valence-electron chi connectivity index (χ1n) is 5.00. The van der Waals surface area contributed by atoms with Crippen LogP contribution in [0.3, 0.4) is 0 Å². The number of unbranched alkanes of at least 4 members (excludes halogenated alkanes) is 1. The molecule has 0 heterocycles. The maximum atomic E-state index is 9.70. The lowest BCUT2D eigenvalue weighted by Crippen LogP contribution is -2.10. The van der Waals surface area contributed by atoms with E-state index in [1.807, 2.05) is 0 Å². The van der Waals surface area contributed by atoms with Crippen molar-refractivity contribution in [3.63, 3.8) is 0 Å². The molecule has 1 N–H and O–H groups in total. The number of rotatable bonds is 5. The van der Waals surface area contributed by atoms with Gasteiger partial charge >= 0.3 is 0 Å². The van der Waals surface area contributed by atoms with Crippen molar-refractivity contribution in [1.82, 2.24) is 0 Å². The predicted molar refractivity (Wildman–Crippen MR) is 51.9 cm³/mol. The Kier molecular flexibility index (Phi) is 3.33. The standard InChI is InChI=1S/C11H20O/c1-4-5-6-11(12)10-7-9(10)8(2)3/h9-12H,2,4-7H2,1,3H3/t9-,10-,11-/m1/s1. The van der Waals surface area contributed by atoms with Crippen LogP contribution in [0.25, 0.3) is 0 Å². The second-order valence-corrected chi connectivity index (χ2v) is 4.06. The number of hydrogen-bond acceptors (Lipinski definition) is 1. The van der Waals surface area contributed by atoms with Gasteiger partial charge in [0.25, 0.3) is 0 Å². The molecule has 0 radical (unpaired) electrons. The highest BCUT2D eigenvalue weighted by molar-refractivity contribution is 5.10. The van der Waals surface area contributed by atoms with E-state index in [1.54, 1.807) is 0 Å². The molecule has 1 saturated carbocycles. The normalized spacial score (nSPS) is 29.9. The van der Waals surface area contributed by atoms with Crippen LogP contribution in [0.2, 0.25) is 0 Å². The fourth-order valence-electron chi connectivity index (χ4n) is 1.83. The van der Waals surface area contributed by atoms with Crippen LogP contribution in [0, 0.1) is 11.8 Å². The predicted octanol–water partition coefficient (Wildman–Crippen LogP) is 2.75. The van der Waals surface area contributed by atoms with Crippen molar-refractivity contribution < 1.29 is 5.11 Å². The topological polar surface area (TPSA) is 20.2 Å². The van der Waals surface area contributed by atoms with Gasteiger partial charge in [0.05, 0.1) is 6.10 Å². The summed E-state index contributed by atoms with van der Waals surface area (Å²) < 4.78 is 0. The Morgan fingerprint density at radius 3 is 2.75 bits per heavy atom. The first kappa shape index (κ1) is 9.79. The van der Waals surface area contributed by atoms with Crippen LogP contribution in [0.15, 0.2) is 12.2 Å². The van der Waals surface area contributed by atoms with Gasteiger partial charge in [-0.1, -0.05) is 31.9 Å². The molecule has 1 heteroatoms. The zero-order valence-electron chi connectivity index (χ0n) is 8.21. The summed E-state index contributed by atoms with van der Waals surface area (Å²) in [6.45, 7) is 8.15. The number of aliphatic hydroxyl groups excluding tert-OH is 1. The highest BCUT2D eigenvalue weighted by Gasteiger charge is 2.41. The molecule has 70 valence electrons. The second kappa shape index (κ2) is 4.08. The minimum atomic E-state index is -0.0633. The van der Waals surface area contributed by atoms with Gasteiger partial charge in [0.2, 0.25) is 0 Å². The average molecular weight is 168 g/mol. The molecule has 0 aromatic carbocycles. The zero-order valence-corrected chi connectivity index (χ0v) is 8.21. The molecule has 1 fully saturated rings. The van der Waals surface area contributed by atoms with Gasteiger partial charge in [0.1, 0.15) is 0 Å². The van der Waals surface area contributed by atoms with Crippen LogP contribution < -0.4 is 0 Å². The Bertz CT molecular complexity index is 162. The van der Waals surface area contributed by atoms with E-state index in [-0.39, 0.29) is 6.10 Å². The summed E-state index contributed by atoms with van der Waals surface area (Å²) in [5, 5.41) is 9.70. The molecule has 0 aromatic rings. The minimum absolute atomic E-state index is 0.0633. The highest BCUT2D eigenvalue weighted by atomic mass is 16.3. The van der Waals surface area contributed by atoms with Crippen molar-refractivity contribution in [2.24, 2.45) is 11.8 Å². The van der Waals surface area contributed by atoms with Crippen LogP contribution >= 0.6 is 0 Å². The maximum Gasteiger partial charge on any atom is 0.0574 e. The van der Waals surface area contributed by atoms with Crippen LogP contribution in [-0.2, 0) is 0 Å². The molecule has 0 unspecified atom stereocenters. The van der Waals surface area contributed by atoms with E-state index in [2.05, 4.69) is 20.4 Å². The summed E-state index contributed by atoms with van der Waals surface area (Å²) in [5.74, 6) is 1.16. The molecule has 0 amide bonds. The third kappa shape index (κ3) is 2.34. The summed E-state index contributed by atoms with van der Waals surface area (Å²) in [6, 6.07) is 0. The average Bonchev–Trinajstić information content (AvgIpc) is 2.78. The van der Waals surface area contributed by atoms with Crippen molar-refractivity contribution in [3.05, 3.63) is 12.2 Å². The lowest BCUT2D eigenvalue weighted by molar-refractivity contribution is 0.134. The second-order valence-electron chi connectivity index (χ2n) is 4.06. The molecule has 0 aliphatic heterocycles. The number of allylic oxidation sites excluding steroid dienone is 1. The van der Waals surface area contributed by atoms with Crippen molar-refractivity contribution in [3.8, 4) is 0 Å². The molecule has 1 nitrogen and oxygen atoms in total. The number of aliphatic hydroxyl groups is 1. The first-order chi connectivity index (χ1) is 5.66. The first-order valence-corrected chi connectivity index (χ1v) is 5.00. The van der Waals surface area contributed by atoms with Gasteiger partial charge in [-0.05, 0) is 31.6 Å². The van der Waals surface area contributed by atoms with E-state index < -0.39 is 0 Å². The minimum Gasteiger partial charge on any atom is -0.393 e. The molecule has 0 aromatic heterocycles. The fraction of sp³-hybridized carbons (Fsp3) is 0.818. The van der Waals surface area contributed by atoms with E-state index in [4.69, 9.17) is 0 Å². The third-order valence-electron chi connectivity index (χ3n) is 2.82. The van der Waals surface area contributed by atoms with Crippen LogP contribution in [0.4, 0.5) is 0 Å². The van der Waals surface area contributed by atoms with Gasteiger partial charge in [0, 0.05) is 0 Å². The lowest BCUT2D eigenvalue weighted by Gasteiger charge is -2.08. The monoisotopic (exact) mass is 168 g/mol. The van der Waals surface area contributed by atoms with Gasteiger partial charge in [0.15, 0.2) is 0 Å². The summed E-state index contributed by atoms with van der Waals surface area (Å²) in [5.41, 5.74) is 1.25. The van der Waals surface area contributed by atoms with Crippen molar-refractivity contribution in [1.29, 1.82) is 0 Å². The Morgan fingerprint density at radius 2 is 2.33 bits per heavy atom. The molecule has 12 heavy (non-hydrogen) atoms.